The number of benzene rings is 3. The van der Waals surface area contributed by atoms with Gasteiger partial charge >= 0.3 is 0 Å². The van der Waals surface area contributed by atoms with Crippen molar-refractivity contribution in [2.75, 3.05) is 25.5 Å². The maximum Gasteiger partial charge on any atom is 0.285 e. The van der Waals surface area contributed by atoms with Gasteiger partial charge in [-0.25, -0.2) is 9.97 Å². The van der Waals surface area contributed by atoms with Gasteiger partial charge in [-0.3, -0.25) is 10.1 Å². The van der Waals surface area contributed by atoms with E-state index in [0.717, 1.165) is 30.9 Å². The highest BCUT2D eigenvalue weighted by Gasteiger charge is 2.58. The van der Waals surface area contributed by atoms with E-state index >= 15 is 0 Å². The molecule has 2 fully saturated rings. The third kappa shape index (κ3) is 4.21. The van der Waals surface area contributed by atoms with Gasteiger partial charge in [0.05, 0.1) is 10.4 Å². The molecule has 178 valence electrons. The van der Waals surface area contributed by atoms with Crippen molar-refractivity contribution in [1.29, 1.82) is 0 Å². The number of anilines is 2. The van der Waals surface area contributed by atoms with Gasteiger partial charge in [0, 0.05) is 35.6 Å². The van der Waals surface area contributed by atoms with E-state index in [4.69, 9.17) is 4.74 Å². The molecule has 1 saturated heterocycles. The first-order valence-electron chi connectivity index (χ1n) is 11.7. The number of likely N-dealkylation sites (tertiary alicyclic amines) is 1. The first-order valence-corrected chi connectivity index (χ1v) is 11.7. The third-order valence-corrected chi connectivity index (χ3v) is 6.81. The smallest absolute Gasteiger partial charge is 0.285 e. The quantitative estimate of drug-likeness (QED) is 0.234. The van der Waals surface area contributed by atoms with Gasteiger partial charge in [-0.1, -0.05) is 30.0 Å². The predicted molar refractivity (Wildman–Crippen MR) is 137 cm³/mol. The number of nitro groups is 1. The van der Waals surface area contributed by atoms with Crippen LogP contribution in [0.5, 0.6) is 11.5 Å². The van der Waals surface area contributed by atoms with Gasteiger partial charge in [0.15, 0.2) is 0 Å². The Morgan fingerprint density at radius 3 is 2.61 bits per heavy atom. The van der Waals surface area contributed by atoms with Crippen LogP contribution in [-0.4, -0.2) is 39.9 Å². The van der Waals surface area contributed by atoms with Gasteiger partial charge in [0.1, 0.15) is 29.2 Å². The average molecular weight is 478 g/mol. The van der Waals surface area contributed by atoms with Crippen LogP contribution in [0.25, 0.3) is 10.9 Å². The Morgan fingerprint density at radius 2 is 1.89 bits per heavy atom. The molecule has 1 aromatic heterocycles. The van der Waals surface area contributed by atoms with Crippen LogP contribution in [0, 0.1) is 33.3 Å². The zero-order chi connectivity index (χ0) is 24.7. The van der Waals surface area contributed by atoms with Crippen molar-refractivity contribution in [3.8, 4) is 23.3 Å². The van der Waals surface area contributed by atoms with Gasteiger partial charge in [0.25, 0.3) is 5.69 Å². The molecule has 2 heterocycles. The van der Waals surface area contributed by atoms with Crippen LogP contribution >= 0.6 is 0 Å². The summed E-state index contributed by atoms with van der Waals surface area (Å²) in [6.07, 6.45) is 2.51. The maximum atomic E-state index is 11.9. The van der Waals surface area contributed by atoms with E-state index in [2.05, 4.69) is 39.1 Å². The minimum absolute atomic E-state index is 0.0215. The number of rotatable bonds is 5. The normalized spacial score (nSPS) is 20.3. The lowest BCUT2D eigenvalue weighted by molar-refractivity contribution is -0.385. The summed E-state index contributed by atoms with van der Waals surface area (Å²) < 4.78 is 5.84. The summed E-state index contributed by atoms with van der Waals surface area (Å²) in [7, 11) is 2.09. The van der Waals surface area contributed by atoms with Crippen LogP contribution in [0.4, 0.5) is 17.2 Å². The van der Waals surface area contributed by atoms with Crippen LogP contribution in [0.15, 0.2) is 73.1 Å². The lowest BCUT2D eigenvalue weighted by Crippen LogP contribution is -2.19. The van der Waals surface area contributed by atoms with E-state index in [0.29, 0.717) is 34.0 Å². The number of nitrogens with one attached hydrogen (secondary N) is 1. The molecule has 2 atom stereocenters. The summed E-state index contributed by atoms with van der Waals surface area (Å²) >= 11 is 0. The second-order valence-corrected chi connectivity index (χ2v) is 9.43. The molecule has 0 spiro atoms. The molecule has 8 heteroatoms. The molecule has 4 aromatic rings. The molecule has 2 aliphatic rings. The van der Waals surface area contributed by atoms with Gasteiger partial charge in [-0.05, 0) is 61.9 Å². The standard InChI is InChI=1S/C28H23N5O3/c1-32-16-20-15-28(20,17-32)12-11-19-13-25-24(14-26(19)33(34)35)27(30-18-29-25)31-21-7-9-23(10-8-21)36-22-5-3-2-4-6-22/h2-10,13-14,18,20H,15-17H2,1H3,(H,29,30,31)/t20-,28+/m0/s1. The zero-order valence-corrected chi connectivity index (χ0v) is 19.6. The number of aromatic nitrogens is 2. The minimum Gasteiger partial charge on any atom is -0.457 e. The molecule has 1 saturated carbocycles. The number of hydrogen-bond donors (Lipinski definition) is 1. The summed E-state index contributed by atoms with van der Waals surface area (Å²) in [5, 5.41) is 15.7. The van der Waals surface area contributed by atoms with Crippen molar-refractivity contribution in [3.63, 3.8) is 0 Å². The second kappa shape index (κ2) is 8.63. The van der Waals surface area contributed by atoms with Crippen molar-refractivity contribution >= 4 is 28.1 Å². The molecule has 0 unspecified atom stereocenters. The van der Waals surface area contributed by atoms with Crippen molar-refractivity contribution < 1.29 is 9.66 Å². The molecule has 8 nitrogen and oxygen atoms in total. The Labute approximate surface area is 208 Å². The molecule has 6 rings (SSSR count). The SMILES string of the molecule is CN1C[C@@H]2C[C@]2(C#Cc2cc3ncnc(Nc4ccc(Oc5ccccc5)cc4)c3cc2[N+](=O)[O-])C1. The molecule has 1 aliphatic heterocycles. The zero-order valence-electron chi connectivity index (χ0n) is 19.6. The number of nitrogens with zero attached hydrogens (tertiary/aromatic N) is 4. The maximum absolute atomic E-state index is 11.9. The van der Waals surface area contributed by atoms with Crippen LogP contribution < -0.4 is 10.1 Å². The number of para-hydroxylation sites is 1. The average Bonchev–Trinajstić information content (AvgIpc) is 3.44. The topological polar surface area (TPSA) is 93.4 Å². The highest BCUT2D eigenvalue weighted by Crippen LogP contribution is 2.57. The molecule has 0 bridgehead atoms. The molecule has 3 aromatic carbocycles. The largest absolute Gasteiger partial charge is 0.457 e. The predicted octanol–water partition coefficient (Wildman–Crippen LogP) is 5.38. The second-order valence-electron chi connectivity index (χ2n) is 9.43. The lowest BCUT2D eigenvalue weighted by atomic mass is 10.0. The molecule has 1 N–H and O–H groups in total. The molecule has 0 radical (unpaired) electrons. The fourth-order valence-electron chi connectivity index (χ4n) is 4.93. The van der Waals surface area contributed by atoms with Gasteiger partial charge in [0.2, 0.25) is 0 Å². The minimum atomic E-state index is -0.390. The summed E-state index contributed by atoms with van der Waals surface area (Å²) in [6.45, 7) is 1.95. The van der Waals surface area contributed by atoms with Crippen LogP contribution in [0.1, 0.15) is 12.0 Å². The summed E-state index contributed by atoms with van der Waals surface area (Å²) in [5.74, 6) is 8.96. The van der Waals surface area contributed by atoms with Crippen molar-refractivity contribution in [2.45, 2.75) is 6.42 Å². The fraction of sp³-hybridized carbons (Fsp3) is 0.214. The van der Waals surface area contributed by atoms with Crippen molar-refractivity contribution in [3.05, 3.63) is 88.7 Å². The van der Waals surface area contributed by atoms with Gasteiger partial charge < -0.3 is 15.0 Å². The number of fused-ring (bicyclic) bond motifs is 2. The highest BCUT2D eigenvalue weighted by molar-refractivity contribution is 5.93. The molecule has 36 heavy (non-hydrogen) atoms. The van der Waals surface area contributed by atoms with E-state index in [9.17, 15) is 10.1 Å². The van der Waals surface area contributed by atoms with E-state index in [1.54, 1.807) is 6.07 Å². The third-order valence-electron chi connectivity index (χ3n) is 6.81. The number of nitro benzene ring substituents is 1. The summed E-state index contributed by atoms with van der Waals surface area (Å²) in [6, 6.07) is 20.2. The number of piperidine rings is 1. The van der Waals surface area contributed by atoms with E-state index in [-0.39, 0.29) is 11.1 Å². The number of hydrogen-bond acceptors (Lipinski definition) is 7. The van der Waals surface area contributed by atoms with Crippen LogP contribution in [0.3, 0.4) is 0 Å². The van der Waals surface area contributed by atoms with Gasteiger partial charge in [-0.15, -0.1) is 0 Å². The van der Waals surface area contributed by atoms with E-state index in [1.807, 2.05) is 54.6 Å². The lowest BCUT2D eigenvalue weighted by Gasteiger charge is -2.11. The Morgan fingerprint density at radius 1 is 1.11 bits per heavy atom. The Bertz CT molecular complexity index is 1530. The first kappa shape index (κ1) is 22.0. The summed E-state index contributed by atoms with van der Waals surface area (Å²) in [4.78, 5) is 22.5. The number of ether oxygens (including phenoxy) is 1. The van der Waals surface area contributed by atoms with Crippen LogP contribution in [-0.2, 0) is 0 Å². The Hall–Kier alpha value is -4.48. The fourth-order valence-corrected chi connectivity index (χ4v) is 4.93. The van der Waals surface area contributed by atoms with E-state index < -0.39 is 4.92 Å². The van der Waals surface area contributed by atoms with Gasteiger partial charge in [-0.2, -0.15) is 0 Å². The monoisotopic (exact) mass is 477 g/mol. The molecule has 1 aliphatic carbocycles. The van der Waals surface area contributed by atoms with Crippen LogP contribution in [0.2, 0.25) is 0 Å². The summed E-state index contributed by atoms with van der Waals surface area (Å²) in [5.41, 5.74) is 1.69. The highest BCUT2D eigenvalue weighted by atomic mass is 16.6. The molecular weight excluding hydrogens is 454 g/mol. The Kier molecular flexibility index (Phi) is 5.28. The van der Waals surface area contributed by atoms with E-state index in [1.165, 1.54) is 12.4 Å². The van der Waals surface area contributed by atoms with Crippen molar-refractivity contribution in [2.24, 2.45) is 11.3 Å². The first-order chi connectivity index (χ1) is 17.5. The van der Waals surface area contributed by atoms with Crippen molar-refractivity contribution in [1.82, 2.24) is 14.9 Å². The molecule has 0 amide bonds. The molecular formula is C28H23N5O3. The Balaban J connectivity index is 1.28.